The molecule has 2 N–H and O–H groups in total. The lowest BCUT2D eigenvalue weighted by Gasteiger charge is -2.02. The number of hydrogen-bond donors (Lipinski definition) is 2. The highest BCUT2D eigenvalue weighted by atomic mass is 32.1. The van der Waals surface area contributed by atoms with Gasteiger partial charge in [-0.3, -0.25) is 5.43 Å². The third-order valence-corrected chi connectivity index (χ3v) is 5.30. The number of thiazole rings is 1. The predicted molar refractivity (Wildman–Crippen MR) is 119 cm³/mol. The lowest BCUT2D eigenvalue weighted by atomic mass is 10.1. The highest BCUT2D eigenvalue weighted by molar-refractivity contribution is 7.19. The van der Waals surface area contributed by atoms with E-state index in [0.29, 0.717) is 10.9 Å². The number of aromatic hydroxyl groups is 1. The molecule has 5 nitrogen and oxygen atoms in total. The zero-order valence-electron chi connectivity index (χ0n) is 15.7. The number of methoxy groups -OCH3 is 1. The number of aromatic nitrogens is 1. The summed E-state index contributed by atoms with van der Waals surface area (Å²) in [6, 6.07) is 25.4. The van der Waals surface area contributed by atoms with E-state index < -0.39 is 0 Å². The largest absolute Gasteiger partial charge is 0.504 e. The van der Waals surface area contributed by atoms with E-state index in [9.17, 15) is 5.11 Å². The topological polar surface area (TPSA) is 66.7 Å². The number of hydrazone groups is 1. The summed E-state index contributed by atoms with van der Waals surface area (Å²) in [5, 5.41) is 14.8. The Morgan fingerprint density at radius 2 is 1.66 bits per heavy atom. The van der Waals surface area contributed by atoms with Crippen LogP contribution in [-0.2, 0) is 0 Å². The van der Waals surface area contributed by atoms with Gasteiger partial charge in [0.05, 0.1) is 23.9 Å². The van der Waals surface area contributed by atoms with E-state index in [4.69, 9.17) is 9.72 Å². The van der Waals surface area contributed by atoms with Crippen molar-refractivity contribution in [1.29, 1.82) is 0 Å². The molecule has 0 saturated carbocycles. The van der Waals surface area contributed by atoms with Gasteiger partial charge in [-0.05, 0) is 29.3 Å². The molecule has 0 aliphatic heterocycles. The number of hydrogen-bond acceptors (Lipinski definition) is 6. The summed E-state index contributed by atoms with van der Waals surface area (Å²) in [5.74, 6) is 0.499. The molecule has 0 unspecified atom stereocenters. The van der Waals surface area contributed by atoms with Gasteiger partial charge in [0.1, 0.15) is 0 Å². The average Bonchev–Trinajstić information content (AvgIpc) is 3.19. The minimum atomic E-state index is 0.0726. The van der Waals surface area contributed by atoms with Crippen LogP contribution in [0, 0.1) is 0 Å². The van der Waals surface area contributed by atoms with Crippen molar-refractivity contribution in [3.05, 3.63) is 84.4 Å². The van der Waals surface area contributed by atoms with Crippen LogP contribution in [0.1, 0.15) is 5.56 Å². The van der Waals surface area contributed by atoms with Crippen LogP contribution in [0.15, 0.2) is 84.0 Å². The molecule has 0 bridgehead atoms. The summed E-state index contributed by atoms with van der Waals surface area (Å²) in [5.41, 5.74) is 6.84. The Morgan fingerprint density at radius 1 is 0.966 bits per heavy atom. The molecule has 1 heterocycles. The van der Waals surface area contributed by atoms with Crippen molar-refractivity contribution in [2.75, 3.05) is 12.5 Å². The number of phenols is 1. The second-order valence-corrected chi connectivity index (χ2v) is 7.23. The lowest BCUT2D eigenvalue weighted by Crippen LogP contribution is -1.91. The van der Waals surface area contributed by atoms with Crippen LogP contribution in [-0.4, -0.2) is 23.4 Å². The first-order chi connectivity index (χ1) is 14.2. The third-order valence-electron chi connectivity index (χ3n) is 4.29. The lowest BCUT2D eigenvalue weighted by molar-refractivity contribution is 0.373. The minimum Gasteiger partial charge on any atom is -0.504 e. The Morgan fingerprint density at radius 3 is 2.31 bits per heavy atom. The van der Waals surface area contributed by atoms with Gasteiger partial charge in [0.2, 0.25) is 5.13 Å². The number of phenolic OH excluding ortho intramolecular Hbond substituents is 1. The Labute approximate surface area is 173 Å². The number of anilines is 1. The number of nitrogens with zero attached hydrogens (tertiary/aromatic N) is 2. The number of nitrogens with one attached hydrogen (secondary N) is 1. The van der Waals surface area contributed by atoms with Gasteiger partial charge >= 0.3 is 0 Å². The van der Waals surface area contributed by atoms with E-state index in [1.165, 1.54) is 7.11 Å². The van der Waals surface area contributed by atoms with Crippen molar-refractivity contribution in [2.24, 2.45) is 5.10 Å². The van der Waals surface area contributed by atoms with Crippen molar-refractivity contribution in [3.63, 3.8) is 0 Å². The Hall–Kier alpha value is -3.64. The predicted octanol–water partition coefficient (Wildman–Crippen LogP) is 5.64. The molecule has 144 valence electrons. The van der Waals surface area contributed by atoms with Crippen molar-refractivity contribution in [1.82, 2.24) is 4.98 Å². The maximum Gasteiger partial charge on any atom is 0.204 e. The van der Waals surface area contributed by atoms with E-state index in [-0.39, 0.29) is 5.75 Å². The van der Waals surface area contributed by atoms with Gasteiger partial charge in [-0.2, -0.15) is 5.10 Å². The number of ether oxygens (including phenoxy) is 1. The van der Waals surface area contributed by atoms with E-state index >= 15 is 0 Å². The molecular formula is C23H19N3O2S. The summed E-state index contributed by atoms with van der Waals surface area (Å²) < 4.78 is 5.06. The molecule has 3 aromatic carbocycles. The summed E-state index contributed by atoms with van der Waals surface area (Å²) in [6.45, 7) is 0. The summed E-state index contributed by atoms with van der Waals surface area (Å²) in [7, 11) is 1.52. The zero-order valence-corrected chi connectivity index (χ0v) is 16.6. The van der Waals surface area contributed by atoms with E-state index in [0.717, 1.165) is 27.3 Å². The smallest absolute Gasteiger partial charge is 0.204 e. The van der Waals surface area contributed by atoms with Gasteiger partial charge in [-0.1, -0.05) is 72.0 Å². The van der Waals surface area contributed by atoms with E-state index in [2.05, 4.69) is 34.8 Å². The number of benzene rings is 3. The van der Waals surface area contributed by atoms with Gasteiger partial charge < -0.3 is 9.84 Å². The van der Waals surface area contributed by atoms with Crippen LogP contribution in [0.2, 0.25) is 0 Å². The normalized spacial score (nSPS) is 10.9. The van der Waals surface area contributed by atoms with Gasteiger partial charge in [0.25, 0.3) is 0 Å². The average molecular weight is 401 g/mol. The maximum absolute atomic E-state index is 9.88. The third kappa shape index (κ3) is 4.28. The van der Waals surface area contributed by atoms with Crippen LogP contribution in [0.5, 0.6) is 11.5 Å². The molecule has 0 saturated heterocycles. The molecule has 0 aliphatic carbocycles. The molecule has 0 fully saturated rings. The van der Waals surface area contributed by atoms with Crippen LogP contribution in [0.3, 0.4) is 0 Å². The molecule has 0 atom stereocenters. The summed E-state index contributed by atoms with van der Waals surface area (Å²) >= 11 is 1.55. The molecule has 6 heteroatoms. The van der Waals surface area contributed by atoms with Crippen LogP contribution in [0.4, 0.5) is 5.13 Å². The highest BCUT2D eigenvalue weighted by Gasteiger charge is 2.14. The van der Waals surface area contributed by atoms with Crippen molar-refractivity contribution in [3.8, 4) is 33.2 Å². The van der Waals surface area contributed by atoms with E-state index in [1.54, 1.807) is 29.7 Å². The van der Waals surface area contributed by atoms with Crippen LogP contribution in [0.25, 0.3) is 21.7 Å². The van der Waals surface area contributed by atoms with Crippen molar-refractivity contribution >= 4 is 22.7 Å². The highest BCUT2D eigenvalue weighted by Crippen LogP contribution is 2.38. The second-order valence-electron chi connectivity index (χ2n) is 6.23. The molecule has 4 aromatic rings. The maximum atomic E-state index is 9.88. The Bertz CT molecular complexity index is 1070. The fourth-order valence-corrected chi connectivity index (χ4v) is 3.84. The summed E-state index contributed by atoms with van der Waals surface area (Å²) in [6.07, 6.45) is 1.63. The fraction of sp³-hybridized carbons (Fsp3) is 0.0435. The summed E-state index contributed by atoms with van der Waals surface area (Å²) in [4.78, 5) is 5.84. The molecule has 0 spiro atoms. The first-order valence-corrected chi connectivity index (χ1v) is 9.84. The molecule has 4 rings (SSSR count). The van der Waals surface area contributed by atoms with Gasteiger partial charge in [-0.25, -0.2) is 4.98 Å². The standard InChI is InChI=1S/C23H19N3O2S/c1-28-20-13-12-16(14-19(20)27)15-24-26-23-25-21(17-8-4-2-5-9-17)22(29-23)18-10-6-3-7-11-18/h2-15,27H,1H3,(H,25,26)/b24-15+. The monoisotopic (exact) mass is 401 g/mol. The molecule has 0 amide bonds. The molecule has 0 radical (unpaired) electrons. The van der Waals surface area contributed by atoms with Gasteiger partial charge in [0, 0.05) is 5.56 Å². The second kappa shape index (κ2) is 8.58. The van der Waals surface area contributed by atoms with Gasteiger partial charge in [-0.15, -0.1) is 0 Å². The van der Waals surface area contributed by atoms with Crippen LogP contribution < -0.4 is 10.2 Å². The quantitative estimate of drug-likeness (QED) is 0.324. The van der Waals surface area contributed by atoms with Crippen LogP contribution >= 0.6 is 11.3 Å². The zero-order chi connectivity index (χ0) is 20.1. The van der Waals surface area contributed by atoms with E-state index in [1.807, 2.05) is 42.5 Å². The van der Waals surface area contributed by atoms with Gasteiger partial charge in [0.15, 0.2) is 11.5 Å². The Kier molecular flexibility index (Phi) is 5.54. The minimum absolute atomic E-state index is 0.0726. The molecular weight excluding hydrogens is 382 g/mol. The van der Waals surface area contributed by atoms with Crippen molar-refractivity contribution < 1.29 is 9.84 Å². The molecule has 1 aromatic heterocycles. The first kappa shape index (κ1) is 18.7. The fourth-order valence-electron chi connectivity index (χ4n) is 2.89. The van der Waals surface area contributed by atoms with Crippen molar-refractivity contribution in [2.45, 2.75) is 0 Å². The SMILES string of the molecule is COc1ccc(/C=N/Nc2nc(-c3ccccc3)c(-c3ccccc3)s2)cc1O. The molecule has 0 aliphatic rings. The number of rotatable bonds is 6. The Balaban J connectivity index is 1.61. The molecule has 29 heavy (non-hydrogen) atoms. The first-order valence-electron chi connectivity index (χ1n) is 9.02.